The van der Waals surface area contributed by atoms with Crippen LogP contribution >= 0.6 is 23.2 Å². The Hall–Kier alpha value is -2.38. The highest BCUT2D eigenvalue weighted by Gasteiger charge is 2.22. The van der Waals surface area contributed by atoms with Crippen molar-refractivity contribution in [2.24, 2.45) is 0 Å². The van der Waals surface area contributed by atoms with Gasteiger partial charge in [-0.25, -0.2) is 4.79 Å². The first-order chi connectivity index (χ1) is 11.9. The van der Waals surface area contributed by atoms with Crippen LogP contribution in [0, 0.1) is 0 Å². The Morgan fingerprint density at radius 3 is 2.44 bits per heavy atom. The lowest BCUT2D eigenvalue weighted by Gasteiger charge is -2.17. The van der Waals surface area contributed by atoms with Crippen LogP contribution in [0.15, 0.2) is 24.4 Å². The molecule has 0 fully saturated rings. The van der Waals surface area contributed by atoms with Crippen LogP contribution in [0.5, 0.6) is 5.75 Å². The van der Waals surface area contributed by atoms with Crippen LogP contribution in [0.25, 0.3) is 0 Å². The first kappa shape index (κ1) is 19.0. The summed E-state index contributed by atoms with van der Waals surface area (Å²) < 4.78 is 0. The minimum atomic E-state index is -0.639. The normalized spacial score (nSPS) is 10.4. The summed E-state index contributed by atoms with van der Waals surface area (Å²) in [6, 6.07) is 4.18. The second-order valence-corrected chi connectivity index (χ2v) is 5.87. The second kappa shape index (κ2) is 8.13. The summed E-state index contributed by atoms with van der Waals surface area (Å²) in [4.78, 5) is 28.6. The maximum atomic E-state index is 12.3. The second-order valence-electron chi connectivity index (χ2n) is 5.08. The van der Waals surface area contributed by atoms with E-state index in [4.69, 9.17) is 23.2 Å². The van der Waals surface area contributed by atoms with Crippen molar-refractivity contribution in [3.8, 4) is 5.75 Å². The molecule has 0 aliphatic carbocycles. The first-order valence-electron chi connectivity index (χ1n) is 7.60. The van der Waals surface area contributed by atoms with Crippen molar-refractivity contribution in [2.45, 2.75) is 13.8 Å². The molecule has 0 bridgehead atoms. The van der Waals surface area contributed by atoms with Crippen LogP contribution in [0.2, 0.25) is 10.0 Å². The summed E-state index contributed by atoms with van der Waals surface area (Å²) in [6.07, 6.45) is 1.34. The van der Waals surface area contributed by atoms with Crippen LogP contribution in [-0.2, 0) is 0 Å². The van der Waals surface area contributed by atoms with Gasteiger partial charge in [-0.3, -0.25) is 4.79 Å². The molecular formula is C16H18Cl2N4O3. The van der Waals surface area contributed by atoms with Crippen molar-refractivity contribution >= 4 is 46.5 Å². The number of aromatic amines is 1. The van der Waals surface area contributed by atoms with Gasteiger partial charge in [0.15, 0.2) is 5.75 Å². The number of halogens is 2. The monoisotopic (exact) mass is 384 g/mol. The molecule has 25 heavy (non-hydrogen) atoms. The van der Waals surface area contributed by atoms with Gasteiger partial charge in [0.25, 0.3) is 5.91 Å². The molecule has 3 amide bonds. The molecule has 9 heteroatoms. The smallest absolute Gasteiger partial charge is 0.323 e. The van der Waals surface area contributed by atoms with Gasteiger partial charge in [0, 0.05) is 19.3 Å². The fourth-order valence-corrected chi connectivity index (χ4v) is 2.57. The zero-order valence-corrected chi connectivity index (χ0v) is 15.2. The van der Waals surface area contributed by atoms with E-state index in [9.17, 15) is 14.7 Å². The number of hydrogen-bond acceptors (Lipinski definition) is 3. The van der Waals surface area contributed by atoms with Gasteiger partial charge in [-0.1, -0.05) is 29.3 Å². The number of urea groups is 1. The summed E-state index contributed by atoms with van der Waals surface area (Å²) in [5, 5.41) is 15.7. The Kier molecular flexibility index (Phi) is 6.17. The average molecular weight is 385 g/mol. The van der Waals surface area contributed by atoms with Crippen molar-refractivity contribution in [3.63, 3.8) is 0 Å². The molecule has 4 N–H and O–H groups in total. The number of benzene rings is 1. The predicted molar refractivity (Wildman–Crippen MR) is 98.8 cm³/mol. The van der Waals surface area contributed by atoms with Crippen LogP contribution in [0.1, 0.15) is 24.3 Å². The SMILES string of the molecule is CCN(CC)C(=O)c1[nH]cc(NC(=O)Nc2cccc(Cl)c2Cl)c1O. The molecule has 1 aromatic carbocycles. The molecule has 0 radical (unpaired) electrons. The molecule has 0 aliphatic heterocycles. The van der Waals surface area contributed by atoms with E-state index >= 15 is 0 Å². The molecule has 2 rings (SSSR count). The maximum Gasteiger partial charge on any atom is 0.323 e. The quantitative estimate of drug-likeness (QED) is 0.622. The Balaban J connectivity index is 2.12. The van der Waals surface area contributed by atoms with Gasteiger partial charge in [-0.05, 0) is 26.0 Å². The Labute approximate surface area is 154 Å². The molecule has 1 heterocycles. The van der Waals surface area contributed by atoms with Gasteiger partial charge in [-0.2, -0.15) is 0 Å². The number of carbonyl (C=O) groups excluding carboxylic acids is 2. The summed E-state index contributed by atoms with van der Waals surface area (Å²) >= 11 is 11.9. The third-order valence-electron chi connectivity index (χ3n) is 3.57. The van der Waals surface area contributed by atoms with Crippen LogP contribution < -0.4 is 10.6 Å². The number of nitrogens with one attached hydrogen (secondary N) is 3. The number of carbonyl (C=O) groups is 2. The summed E-state index contributed by atoms with van der Waals surface area (Å²) in [5.74, 6) is -0.682. The number of aromatic nitrogens is 1. The number of rotatable bonds is 5. The van der Waals surface area contributed by atoms with Crippen LogP contribution in [0.3, 0.4) is 0 Å². The number of hydrogen-bond donors (Lipinski definition) is 4. The lowest BCUT2D eigenvalue weighted by atomic mass is 10.3. The van der Waals surface area contributed by atoms with Crippen molar-refractivity contribution in [3.05, 3.63) is 40.1 Å². The van der Waals surface area contributed by atoms with Gasteiger partial charge < -0.3 is 25.6 Å². The molecule has 134 valence electrons. The van der Waals surface area contributed by atoms with E-state index in [0.29, 0.717) is 23.8 Å². The van der Waals surface area contributed by atoms with Crippen LogP contribution in [0.4, 0.5) is 16.2 Å². The highest BCUT2D eigenvalue weighted by atomic mass is 35.5. The first-order valence-corrected chi connectivity index (χ1v) is 8.36. The van der Waals surface area contributed by atoms with E-state index in [1.54, 1.807) is 23.1 Å². The van der Waals surface area contributed by atoms with Crippen molar-refractivity contribution in [1.82, 2.24) is 9.88 Å². The van der Waals surface area contributed by atoms with E-state index in [1.165, 1.54) is 6.20 Å². The average Bonchev–Trinajstić information content (AvgIpc) is 2.93. The van der Waals surface area contributed by atoms with E-state index in [1.807, 2.05) is 13.8 Å². The van der Waals surface area contributed by atoms with E-state index in [2.05, 4.69) is 15.6 Å². The molecule has 0 atom stereocenters. The van der Waals surface area contributed by atoms with Gasteiger partial charge in [0.05, 0.1) is 15.7 Å². The minimum Gasteiger partial charge on any atom is -0.504 e. The zero-order chi connectivity index (χ0) is 18.6. The fraction of sp³-hybridized carbons (Fsp3) is 0.250. The summed E-state index contributed by atoms with van der Waals surface area (Å²) in [6.45, 7) is 4.68. The molecule has 0 aliphatic rings. The van der Waals surface area contributed by atoms with Crippen molar-refractivity contribution < 1.29 is 14.7 Å². The number of nitrogens with zero attached hydrogens (tertiary/aromatic N) is 1. The van der Waals surface area contributed by atoms with Crippen molar-refractivity contribution in [2.75, 3.05) is 23.7 Å². The maximum absolute atomic E-state index is 12.3. The number of anilines is 2. The predicted octanol–water partition coefficient (Wildman–Crippen LogP) is 4.15. The molecule has 0 saturated heterocycles. The lowest BCUT2D eigenvalue weighted by molar-refractivity contribution is 0.0765. The lowest BCUT2D eigenvalue weighted by Crippen LogP contribution is -2.30. The summed E-state index contributed by atoms with van der Waals surface area (Å²) in [5.41, 5.74) is 0.409. The zero-order valence-electron chi connectivity index (χ0n) is 13.7. The minimum absolute atomic E-state index is 0.0137. The van der Waals surface area contributed by atoms with Gasteiger partial charge >= 0.3 is 6.03 Å². The largest absolute Gasteiger partial charge is 0.504 e. The third kappa shape index (κ3) is 4.18. The standard InChI is InChI=1S/C16H18Cl2N4O3/c1-3-22(4-2)15(24)13-14(23)11(8-19-13)21-16(25)20-10-7-5-6-9(17)12(10)18/h5-8,19,23H,3-4H2,1-2H3,(H2,20,21,25). The van der Waals surface area contributed by atoms with E-state index in [-0.39, 0.29) is 28.1 Å². The van der Waals surface area contributed by atoms with Crippen molar-refractivity contribution in [1.29, 1.82) is 0 Å². The number of amides is 3. The fourth-order valence-electron chi connectivity index (χ4n) is 2.22. The van der Waals surface area contributed by atoms with E-state index < -0.39 is 6.03 Å². The Morgan fingerprint density at radius 2 is 1.80 bits per heavy atom. The highest BCUT2D eigenvalue weighted by molar-refractivity contribution is 6.44. The third-order valence-corrected chi connectivity index (χ3v) is 4.38. The highest BCUT2D eigenvalue weighted by Crippen LogP contribution is 2.31. The molecule has 0 unspecified atom stereocenters. The summed E-state index contributed by atoms with van der Waals surface area (Å²) in [7, 11) is 0. The molecule has 7 nitrogen and oxygen atoms in total. The molecule has 2 aromatic rings. The Bertz CT molecular complexity index is 788. The Morgan fingerprint density at radius 1 is 1.16 bits per heavy atom. The van der Waals surface area contributed by atoms with Gasteiger partial charge in [-0.15, -0.1) is 0 Å². The van der Waals surface area contributed by atoms with Gasteiger partial charge in [0.2, 0.25) is 0 Å². The van der Waals surface area contributed by atoms with Gasteiger partial charge in [0.1, 0.15) is 11.4 Å². The topological polar surface area (TPSA) is 97.5 Å². The number of H-pyrrole nitrogens is 1. The molecule has 0 saturated carbocycles. The molecule has 0 spiro atoms. The molecular weight excluding hydrogens is 367 g/mol. The van der Waals surface area contributed by atoms with E-state index in [0.717, 1.165) is 0 Å². The van der Waals surface area contributed by atoms with Crippen LogP contribution in [-0.4, -0.2) is 40.0 Å². The molecule has 1 aromatic heterocycles. The number of aromatic hydroxyl groups is 1.